The molecule has 0 aliphatic carbocycles. The molecule has 1 saturated heterocycles. The van der Waals surface area contributed by atoms with E-state index < -0.39 is 0 Å². The molecule has 1 aromatic rings. The van der Waals surface area contributed by atoms with Crippen LogP contribution in [0.25, 0.3) is 0 Å². The topological polar surface area (TPSA) is 46.3 Å². The van der Waals surface area contributed by atoms with Crippen LogP contribution in [0.3, 0.4) is 0 Å². The quantitative estimate of drug-likeness (QED) is 0.902. The SMILES string of the molecule is CCCC(N)C(=O)N1CCC(Cc2cccc(F)c2)CC1.Cl. The highest BCUT2D eigenvalue weighted by molar-refractivity contribution is 5.85. The van der Waals surface area contributed by atoms with Crippen LogP contribution in [0.2, 0.25) is 0 Å². The van der Waals surface area contributed by atoms with E-state index in [1.807, 2.05) is 17.9 Å². The summed E-state index contributed by atoms with van der Waals surface area (Å²) in [5.74, 6) is 0.435. The third-order valence-electron chi connectivity index (χ3n) is 4.26. The van der Waals surface area contributed by atoms with Gasteiger partial charge in [-0.05, 0) is 49.3 Å². The fourth-order valence-corrected chi connectivity index (χ4v) is 3.02. The van der Waals surface area contributed by atoms with Crippen molar-refractivity contribution in [3.05, 3.63) is 35.6 Å². The van der Waals surface area contributed by atoms with Crippen molar-refractivity contribution in [2.75, 3.05) is 13.1 Å². The van der Waals surface area contributed by atoms with Crippen molar-refractivity contribution in [2.24, 2.45) is 11.7 Å². The summed E-state index contributed by atoms with van der Waals surface area (Å²) in [6, 6.07) is 6.45. The van der Waals surface area contributed by atoms with Crippen LogP contribution in [0, 0.1) is 11.7 Å². The van der Waals surface area contributed by atoms with Gasteiger partial charge in [0.15, 0.2) is 0 Å². The van der Waals surface area contributed by atoms with E-state index in [9.17, 15) is 9.18 Å². The molecule has 1 aliphatic rings. The molecule has 124 valence electrons. The molecule has 1 atom stereocenters. The molecule has 1 fully saturated rings. The van der Waals surface area contributed by atoms with Crippen molar-refractivity contribution >= 4 is 18.3 Å². The van der Waals surface area contributed by atoms with Crippen molar-refractivity contribution < 1.29 is 9.18 Å². The molecule has 0 saturated carbocycles. The van der Waals surface area contributed by atoms with Gasteiger partial charge in [0.1, 0.15) is 5.82 Å². The Balaban J connectivity index is 0.00000242. The highest BCUT2D eigenvalue weighted by atomic mass is 35.5. The predicted molar refractivity (Wildman–Crippen MR) is 89.5 cm³/mol. The Labute approximate surface area is 138 Å². The molecule has 1 aromatic carbocycles. The van der Waals surface area contributed by atoms with Crippen LogP contribution in [0.5, 0.6) is 0 Å². The van der Waals surface area contributed by atoms with Crippen LogP contribution in [0.15, 0.2) is 24.3 Å². The first-order valence-corrected chi connectivity index (χ1v) is 7.89. The van der Waals surface area contributed by atoms with Crippen molar-refractivity contribution in [3.8, 4) is 0 Å². The second-order valence-electron chi connectivity index (χ2n) is 6.00. The first kappa shape index (κ1) is 18.9. The Morgan fingerprint density at radius 3 is 2.68 bits per heavy atom. The van der Waals surface area contributed by atoms with Crippen molar-refractivity contribution in [2.45, 2.75) is 45.1 Å². The first-order chi connectivity index (χ1) is 10.1. The molecule has 0 radical (unpaired) electrons. The maximum Gasteiger partial charge on any atom is 0.239 e. The fourth-order valence-electron chi connectivity index (χ4n) is 3.02. The Morgan fingerprint density at radius 2 is 2.09 bits per heavy atom. The number of likely N-dealkylation sites (tertiary alicyclic amines) is 1. The van der Waals surface area contributed by atoms with Crippen LogP contribution in [-0.4, -0.2) is 29.9 Å². The number of carbonyl (C=O) groups excluding carboxylic acids is 1. The summed E-state index contributed by atoms with van der Waals surface area (Å²) in [7, 11) is 0. The van der Waals surface area contributed by atoms with Gasteiger partial charge in [0.2, 0.25) is 5.91 Å². The minimum atomic E-state index is -0.352. The second-order valence-corrected chi connectivity index (χ2v) is 6.00. The molecule has 0 spiro atoms. The number of amides is 1. The maximum atomic E-state index is 13.2. The molecule has 1 heterocycles. The van der Waals surface area contributed by atoms with Gasteiger partial charge in [-0.2, -0.15) is 0 Å². The molecule has 0 bridgehead atoms. The summed E-state index contributed by atoms with van der Waals surface area (Å²) >= 11 is 0. The first-order valence-electron chi connectivity index (χ1n) is 7.89. The lowest BCUT2D eigenvalue weighted by Crippen LogP contribution is -2.47. The molecule has 2 rings (SSSR count). The van der Waals surface area contributed by atoms with Gasteiger partial charge in [0.05, 0.1) is 6.04 Å². The molecule has 0 aromatic heterocycles. The van der Waals surface area contributed by atoms with Gasteiger partial charge in [-0.3, -0.25) is 4.79 Å². The molecule has 5 heteroatoms. The average molecular weight is 329 g/mol. The maximum absolute atomic E-state index is 13.2. The number of nitrogens with zero attached hydrogens (tertiary/aromatic N) is 1. The van der Waals surface area contributed by atoms with Gasteiger partial charge in [0, 0.05) is 13.1 Å². The lowest BCUT2D eigenvalue weighted by molar-refractivity contribution is -0.134. The van der Waals surface area contributed by atoms with E-state index in [1.54, 1.807) is 12.1 Å². The number of carbonyl (C=O) groups is 1. The van der Waals surface area contributed by atoms with Gasteiger partial charge >= 0.3 is 0 Å². The smallest absolute Gasteiger partial charge is 0.239 e. The van der Waals surface area contributed by atoms with Crippen molar-refractivity contribution in [1.82, 2.24) is 4.90 Å². The van der Waals surface area contributed by atoms with Gasteiger partial charge in [-0.1, -0.05) is 25.5 Å². The second kappa shape index (κ2) is 9.11. The Kier molecular flexibility index (Phi) is 7.83. The normalized spacial score (nSPS) is 17.0. The van der Waals surface area contributed by atoms with E-state index in [0.717, 1.165) is 50.8 Å². The third kappa shape index (κ3) is 5.25. The molecular formula is C17H26ClFN2O. The van der Waals surface area contributed by atoms with Gasteiger partial charge in [0.25, 0.3) is 0 Å². The number of piperidine rings is 1. The monoisotopic (exact) mass is 328 g/mol. The van der Waals surface area contributed by atoms with Gasteiger partial charge in [-0.25, -0.2) is 4.39 Å². The van der Waals surface area contributed by atoms with E-state index in [0.29, 0.717) is 5.92 Å². The summed E-state index contributed by atoms with van der Waals surface area (Å²) in [6.07, 6.45) is 4.52. The molecular weight excluding hydrogens is 303 g/mol. The summed E-state index contributed by atoms with van der Waals surface area (Å²) in [6.45, 7) is 3.59. The molecule has 1 amide bonds. The Morgan fingerprint density at radius 1 is 1.41 bits per heavy atom. The number of hydrogen-bond acceptors (Lipinski definition) is 2. The zero-order chi connectivity index (χ0) is 15.2. The minimum absolute atomic E-state index is 0. The summed E-state index contributed by atoms with van der Waals surface area (Å²) in [4.78, 5) is 14.0. The molecule has 2 N–H and O–H groups in total. The number of rotatable bonds is 5. The van der Waals surface area contributed by atoms with Crippen molar-refractivity contribution in [1.29, 1.82) is 0 Å². The van der Waals surface area contributed by atoms with Crippen molar-refractivity contribution in [3.63, 3.8) is 0 Å². The largest absolute Gasteiger partial charge is 0.341 e. The molecule has 3 nitrogen and oxygen atoms in total. The summed E-state index contributed by atoms with van der Waals surface area (Å²) in [5.41, 5.74) is 6.94. The third-order valence-corrected chi connectivity index (χ3v) is 4.26. The lowest BCUT2D eigenvalue weighted by atomic mass is 9.90. The highest BCUT2D eigenvalue weighted by Crippen LogP contribution is 2.22. The van der Waals surface area contributed by atoms with Crippen LogP contribution >= 0.6 is 12.4 Å². The van der Waals surface area contributed by atoms with E-state index >= 15 is 0 Å². The number of halogens is 2. The molecule has 1 aliphatic heterocycles. The van der Waals surface area contributed by atoms with Crippen LogP contribution in [0.1, 0.15) is 38.2 Å². The van der Waals surface area contributed by atoms with Crippen LogP contribution in [0.4, 0.5) is 4.39 Å². The number of hydrogen-bond donors (Lipinski definition) is 1. The van der Waals surface area contributed by atoms with E-state index in [2.05, 4.69) is 0 Å². The van der Waals surface area contributed by atoms with Gasteiger partial charge in [-0.15, -0.1) is 12.4 Å². The van der Waals surface area contributed by atoms with E-state index in [1.165, 1.54) is 6.07 Å². The zero-order valence-electron chi connectivity index (χ0n) is 13.1. The van der Waals surface area contributed by atoms with Crippen LogP contribution in [-0.2, 0) is 11.2 Å². The van der Waals surface area contributed by atoms with E-state index in [-0.39, 0.29) is 30.2 Å². The number of benzene rings is 1. The average Bonchev–Trinajstić information content (AvgIpc) is 2.47. The molecule has 22 heavy (non-hydrogen) atoms. The number of nitrogens with two attached hydrogens (primary N) is 1. The molecule has 1 unspecified atom stereocenters. The Bertz CT molecular complexity index is 475. The fraction of sp³-hybridized carbons (Fsp3) is 0.588. The minimum Gasteiger partial charge on any atom is -0.341 e. The Hall–Kier alpha value is -1.13. The standard InChI is InChI=1S/C17H25FN2O.ClH/c1-2-4-16(19)17(21)20-9-7-13(8-10-20)11-14-5-3-6-15(18)12-14;/h3,5-6,12-13,16H,2,4,7-11,19H2,1H3;1H. The predicted octanol–water partition coefficient (Wildman–Crippen LogP) is 3.16. The van der Waals surface area contributed by atoms with E-state index in [4.69, 9.17) is 5.73 Å². The lowest BCUT2D eigenvalue weighted by Gasteiger charge is -2.33. The summed E-state index contributed by atoms with van der Waals surface area (Å²) in [5, 5.41) is 0. The highest BCUT2D eigenvalue weighted by Gasteiger charge is 2.25. The summed E-state index contributed by atoms with van der Waals surface area (Å²) < 4.78 is 13.2. The van der Waals surface area contributed by atoms with Crippen LogP contribution < -0.4 is 5.73 Å². The zero-order valence-corrected chi connectivity index (χ0v) is 13.9. The van der Waals surface area contributed by atoms with Gasteiger partial charge < -0.3 is 10.6 Å².